The lowest BCUT2D eigenvalue weighted by molar-refractivity contribution is 0.441. The van der Waals surface area contributed by atoms with Crippen LogP contribution in [0, 0.1) is 6.92 Å². The highest BCUT2D eigenvalue weighted by molar-refractivity contribution is 5.45. The lowest BCUT2D eigenvalue weighted by Crippen LogP contribution is -1.88. The predicted octanol–water partition coefficient (Wildman–Crippen LogP) is 8.38. The molecule has 0 aliphatic heterocycles. The van der Waals surface area contributed by atoms with Crippen LogP contribution in [0.3, 0.4) is 0 Å². The van der Waals surface area contributed by atoms with Crippen molar-refractivity contribution < 1.29 is 10.2 Å². The van der Waals surface area contributed by atoms with Crippen LogP contribution in [0.25, 0.3) is 0 Å². The molecule has 1 aromatic rings. The molecule has 1 aromatic carbocycles. The molecule has 0 unspecified atom stereocenters. The van der Waals surface area contributed by atoms with E-state index in [9.17, 15) is 10.2 Å². The van der Waals surface area contributed by atoms with E-state index in [0.29, 0.717) is 5.56 Å². The van der Waals surface area contributed by atoms with Gasteiger partial charge in [-0.3, -0.25) is 0 Å². The fraction of sp³-hybridized carbons (Fsp3) is 0.692. The number of unbranched alkanes of at least 4 members (excludes halogenated alkanes) is 13. The lowest BCUT2D eigenvalue weighted by atomic mass is 10.0. The first-order valence-electron chi connectivity index (χ1n) is 11.8. The highest BCUT2D eigenvalue weighted by Gasteiger charge is 2.05. The molecule has 1 rings (SSSR count). The molecule has 2 heteroatoms. The number of allylic oxidation sites excluding steroid dienone is 2. The Morgan fingerprint density at radius 1 is 0.643 bits per heavy atom. The number of phenolic OH excluding ortho intramolecular Hbond substituents is 2. The van der Waals surface area contributed by atoms with Crippen molar-refractivity contribution in [2.75, 3.05) is 0 Å². The Hall–Kier alpha value is -1.44. The Labute approximate surface area is 174 Å². The maximum atomic E-state index is 9.76. The number of hydrogen-bond acceptors (Lipinski definition) is 2. The zero-order chi connectivity index (χ0) is 20.5. The number of benzene rings is 1. The Balaban J connectivity index is 1.85. The first kappa shape index (κ1) is 24.6. The van der Waals surface area contributed by atoms with Gasteiger partial charge in [0.2, 0.25) is 0 Å². The average Bonchev–Trinajstić information content (AvgIpc) is 2.68. The molecule has 160 valence electrons. The Morgan fingerprint density at radius 2 is 1.07 bits per heavy atom. The zero-order valence-corrected chi connectivity index (χ0v) is 18.5. The van der Waals surface area contributed by atoms with E-state index in [2.05, 4.69) is 19.1 Å². The van der Waals surface area contributed by atoms with Gasteiger partial charge in [-0.05, 0) is 56.7 Å². The fourth-order valence-electron chi connectivity index (χ4n) is 3.62. The second-order valence-electron chi connectivity index (χ2n) is 8.30. The van der Waals surface area contributed by atoms with Crippen LogP contribution in [0.15, 0.2) is 24.3 Å². The van der Waals surface area contributed by atoms with Crippen molar-refractivity contribution in [2.24, 2.45) is 0 Å². The van der Waals surface area contributed by atoms with Crippen molar-refractivity contribution in [3.63, 3.8) is 0 Å². The summed E-state index contributed by atoms with van der Waals surface area (Å²) in [6, 6.07) is 3.58. The third-order valence-corrected chi connectivity index (χ3v) is 5.64. The molecule has 0 amide bonds. The second kappa shape index (κ2) is 16.5. The standard InChI is InChI=1S/C26H44O2/c1-3-4-5-6-7-8-9-10-11-12-13-14-15-16-17-18-19-20-24-21-25(27)23(2)26(28)22-24/h6-7,21-22,27-28H,3-5,8-20H2,1-2H3/b7-6-. The first-order chi connectivity index (χ1) is 13.6. The summed E-state index contributed by atoms with van der Waals surface area (Å²) in [6.07, 6.45) is 25.6. The van der Waals surface area contributed by atoms with Crippen molar-refractivity contribution in [1.82, 2.24) is 0 Å². The maximum Gasteiger partial charge on any atom is 0.122 e. The van der Waals surface area contributed by atoms with Gasteiger partial charge in [-0.25, -0.2) is 0 Å². The van der Waals surface area contributed by atoms with Crippen LogP contribution in [-0.2, 0) is 6.42 Å². The van der Waals surface area contributed by atoms with Crippen molar-refractivity contribution in [3.8, 4) is 11.5 Å². The van der Waals surface area contributed by atoms with Gasteiger partial charge in [0, 0.05) is 5.56 Å². The van der Waals surface area contributed by atoms with Gasteiger partial charge < -0.3 is 10.2 Å². The SMILES string of the molecule is CCCC/C=C\CCCCCCCCCCCCCc1cc(O)c(C)c(O)c1. The van der Waals surface area contributed by atoms with Crippen LogP contribution >= 0.6 is 0 Å². The van der Waals surface area contributed by atoms with Gasteiger partial charge in [-0.15, -0.1) is 0 Å². The van der Waals surface area contributed by atoms with Crippen molar-refractivity contribution in [1.29, 1.82) is 0 Å². The highest BCUT2D eigenvalue weighted by Crippen LogP contribution is 2.28. The number of rotatable bonds is 17. The van der Waals surface area contributed by atoms with E-state index < -0.39 is 0 Å². The molecule has 0 aliphatic rings. The van der Waals surface area contributed by atoms with Gasteiger partial charge in [-0.2, -0.15) is 0 Å². The largest absolute Gasteiger partial charge is 0.508 e. The molecular weight excluding hydrogens is 344 g/mol. The van der Waals surface area contributed by atoms with E-state index in [4.69, 9.17) is 0 Å². The van der Waals surface area contributed by atoms with E-state index in [0.717, 1.165) is 18.4 Å². The molecule has 0 spiro atoms. The molecule has 0 heterocycles. The summed E-state index contributed by atoms with van der Waals surface area (Å²) in [6.45, 7) is 3.99. The van der Waals surface area contributed by atoms with Crippen LogP contribution in [-0.4, -0.2) is 10.2 Å². The quantitative estimate of drug-likeness (QED) is 0.208. The van der Waals surface area contributed by atoms with Crippen LogP contribution in [0.2, 0.25) is 0 Å². The summed E-state index contributed by atoms with van der Waals surface area (Å²) >= 11 is 0. The molecule has 0 bridgehead atoms. The van der Waals surface area contributed by atoms with Crippen molar-refractivity contribution in [3.05, 3.63) is 35.4 Å². The first-order valence-corrected chi connectivity index (χ1v) is 11.8. The van der Waals surface area contributed by atoms with Gasteiger partial charge in [0.15, 0.2) is 0 Å². The van der Waals surface area contributed by atoms with E-state index in [-0.39, 0.29) is 11.5 Å². The predicted molar refractivity (Wildman–Crippen MR) is 122 cm³/mol. The Kier molecular flexibility index (Phi) is 14.5. The van der Waals surface area contributed by atoms with E-state index in [1.165, 1.54) is 89.9 Å². The molecule has 0 saturated carbocycles. The van der Waals surface area contributed by atoms with Crippen LogP contribution in [0.1, 0.15) is 114 Å². The summed E-state index contributed by atoms with van der Waals surface area (Å²) in [5.74, 6) is 0.414. The second-order valence-corrected chi connectivity index (χ2v) is 8.30. The normalized spacial score (nSPS) is 11.5. The number of aromatic hydroxyl groups is 2. The molecule has 0 fully saturated rings. The summed E-state index contributed by atoms with van der Waals surface area (Å²) < 4.78 is 0. The number of hydrogen-bond donors (Lipinski definition) is 2. The lowest BCUT2D eigenvalue weighted by Gasteiger charge is -2.07. The van der Waals surface area contributed by atoms with Gasteiger partial charge >= 0.3 is 0 Å². The minimum absolute atomic E-state index is 0.207. The van der Waals surface area contributed by atoms with Gasteiger partial charge in [0.25, 0.3) is 0 Å². The van der Waals surface area contributed by atoms with E-state index >= 15 is 0 Å². The van der Waals surface area contributed by atoms with Crippen molar-refractivity contribution in [2.45, 2.75) is 117 Å². The molecule has 2 N–H and O–H groups in total. The molecule has 2 nitrogen and oxygen atoms in total. The van der Waals surface area contributed by atoms with E-state index in [1.54, 1.807) is 19.1 Å². The maximum absolute atomic E-state index is 9.76. The van der Waals surface area contributed by atoms with Gasteiger partial charge in [0.1, 0.15) is 11.5 Å². The van der Waals surface area contributed by atoms with Gasteiger partial charge in [-0.1, -0.05) is 89.7 Å². The van der Waals surface area contributed by atoms with Crippen molar-refractivity contribution >= 4 is 0 Å². The Morgan fingerprint density at radius 3 is 1.57 bits per heavy atom. The molecule has 28 heavy (non-hydrogen) atoms. The van der Waals surface area contributed by atoms with E-state index in [1.807, 2.05) is 0 Å². The molecule has 0 radical (unpaired) electrons. The van der Waals surface area contributed by atoms with Crippen LogP contribution in [0.4, 0.5) is 0 Å². The number of phenols is 2. The summed E-state index contributed by atoms with van der Waals surface area (Å²) in [5, 5.41) is 19.5. The fourth-order valence-corrected chi connectivity index (χ4v) is 3.62. The zero-order valence-electron chi connectivity index (χ0n) is 18.5. The Bertz CT molecular complexity index is 510. The smallest absolute Gasteiger partial charge is 0.122 e. The summed E-state index contributed by atoms with van der Waals surface area (Å²) in [4.78, 5) is 0. The third kappa shape index (κ3) is 12.1. The highest BCUT2D eigenvalue weighted by atomic mass is 16.3. The minimum atomic E-state index is 0.207. The topological polar surface area (TPSA) is 40.5 Å². The monoisotopic (exact) mass is 388 g/mol. The molecule has 0 atom stereocenters. The number of aryl methyl sites for hydroxylation is 1. The third-order valence-electron chi connectivity index (χ3n) is 5.64. The van der Waals surface area contributed by atoms with Gasteiger partial charge in [0.05, 0.1) is 0 Å². The summed E-state index contributed by atoms with van der Waals surface area (Å²) in [7, 11) is 0. The summed E-state index contributed by atoms with van der Waals surface area (Å²) in [5.41, 5.74) is 1.61. The van der Waals surface area contributed by atoms with Crippen LogP contribution in [0.5, 0.6) is 11.5 Å². The molecule has 0 aromatic heterocycles. The molecule has 0 aliphatic carbocycles. The average molecular weight is 389 g/mol. The molecular formula is C26H44O2. The minimum Gasteiger partial charge on any atom is -0.508 e. The van der Waals surface area contributed by atoms with Crippen LogP contribution < -0.4 is 0 Å². The molecule has 0 saturated heterocycles.